The van der Waals surface area contributed by atoms with E-state index in [1.54, 1.807) is 11.1 Å². The second-order valence-electron chi connectivity index (χ2n) is 6.95. The van der Waals surface area contributed by atoms with Gasteiger partial charge in [0.05, 0.1) is 0 Å². The van der Waals surface area contributed by atoms with Crippen molar-refractivity contribution in [1.29, 1.82) is 0 Å². The molecule has 1 fully saturated rings. The maximum absolute atomic E-state index is 3.85. The Morgan fingerprint density at radius 3 is 2.60 bits per heavy atom. The topological polar surface area (TPSA) is 12.0 Å². The zero-order chi connectivity index (χ0) is 13.9. The molecular weight excluding hydrogens is 242 g/mol. The first-order valence-electron chi connectivity index (χ1n) is 8.60. The maximum Gasteiger partial charge on any atom is 0.0164 e. The van der Waals surface area contributed by atoms with Crippen molar-refractivity contribution in [3.05, 3.63) is 35.4 Å². The molecule has 110 valence electrons. The fourth-order valence-electron chi connectivity index (χ4n) is 4.48. The molecule has 1 aromatic carbocycles. The van der Waals surface area contributed by atoms with Gasteiger partial charge in [0.25, 0.3) is 0 Å². The summed E-state index contributed by atoms with van der Waals surface area (Å²) in [6.07, 6.45) is 8.35. The van der Waals surface area contributed by atoms with Crippen LogP contribution in [0.4, 0.5) is 0 Å². The molecule has 0 saturated heterocycles. The molecule has 1 aromatic rings. The molecule has 2 unspecified atom stereocenters. The number of likely N-dealkylation sites (N-methyl/N-ethyl adjacent to an activating group) is 1. The van der Waals surface area contributed by atoms with Gasteiger partial charge in [-0.25, -0.2) is 0 Å². The molecule has 0 radical (unpaired) electrons. The molecule has 1 nitrogen and oxygen atoms in total. The molecule has 1 N–H and O–H groups in total. The van der Waals surface area contributed by atoms with Gasteiger partial charge >= 0.3 is 0 Å². The molecule has 20 heavy (non-hydrogen) atoms. The summed E-state index contributed by atoms with van der Waals surface area (Å²) in [6, 6.07) is 9.84. The van der Waals surface area contributed by atoms with Gasteiger partial charge in [0, 0.05) is 12.0 Å². The van der Waals surface area contributed by atoms with E-state index in [4.69, 9.17) is 0 Å². The summed E-state index contributed by atoms with van der Waals surface area (Å²) in [5.74, 6) is 2.59. The molecule has 2 aliphatic carbocycles. The van der Waals surface area contributed by atoms with Gasteiger partial charge in [-0.2, -0.15) is 0 Å². The van der Waals surface area contributed by atoms with Gasteiger partial charge in [0.2, 0.25) is 0 Å². The normalized spacial score (nSPS) is 31.0. The van der Waals surface area contributed by atoms with Crippen molar-refractivity contribution in [1.82, 2.24) is 5.32 Å². The van der Waals surface area contributed by atoms with Crippen LogP contribution in [0.25, 0.3) is 0 Å². The number of fused-ring (bicyclic) bond motifs is 1. The monoisotopic (exact) mass is 271 g/mol. The highest BCUT2D eigenvalue weighted by molar-refractivity contribution is 5.36. The third-order valence-electron chi connectivity index (χ3n) is 5.62. The quantitative estimate of drug-likeness (QED) is 0.849. The first-order valence-corrected chi connectivity index (χ1v) is 8.60. The van der Waals surface area contributed by atoms with Gasteiger partial charge in [-0.15, -0.1) is 0 Å². The summed E-state index contributed by atoms with van der Waals surface area (Å²) in [4.78, 5) is 0. The molecular formula is C19H29N. The summed E-state index contributed by atoms with van der Waals surface area (Å²) in [5.41, 5.74) is 3.24. The number of hydrogen-bond donors (Lipinski definition) is 1. The van der Waals surface area contributed by atoms with Crippen molar-refractivity contribution in [2.24, 2.45) is 11.8 Å². The molecule has 0 aliphatic heterocycles. The summed E-state index contributed by atoms with van der Waals surface area (Å²) in [6.45, 7) is 5.79. The fraction of sp³-hybridized carbons (Fsp3) is 0.684. The van der Waals surface area contributed by atoms with Gasteiger partial charge in [-0.05, 0) is 55.2 Å². The lowest BCUT2D eigenvalue weighted by atomic mass is 9.74. The number of rotatable bonds is 4. The SMILES string of the molecule is CCNC(C1CCC(C)CC1)C1CCc2ccccc21. The Morgan fingerprint density at radius 1 is 1.10 bits per heavy atom. The Labute approximate surface area is 124 Å². The molecule has 0 bridgehead atoms. The first kappa shape index (κ1) is 14.1. The smallest absolute Gasteiger partial charge is 0.0164 e. The van der Waals surface area contributed by atoms with Crippen LogP contribution in [0.15, 0.2) is 24.3 Å². The highest BCUT2D eigenvalue weighted by atomic mass is 14.9. The van der Waals surface area contributed by atoms with Gasteiger partial charge in [-0.3, -0.25) is 0 Å². The van der Waals surface area contributed by atoms with Crippen LogP contribution in [0.1, 0.15) is 63.0 Å². The minimum Gasteiger partial charge on any atom is -0.313 e. The number of benzene rings is 1. The lowest BCUT2D eigenvalue weighted by molar-refractivity contribution is 0.210. The summed E-state index contributed by atoms with van der Waals surface area (Å²) in [7, 11) is 0. The average Bonchev–Trinajstić information content (AvgIpc) is 2.90. The summed E-state index contributed by atoms with van der Waals surface area (Å²) in [5, 5.41) is 3.85. The van der Waals surface area contributed by atoms with E-state index in [2.05, 4.69) is 43.4 Å². The van der Waals surface area contributed by atoms with Crippen molar-refractivity contribution in [2.45, 2.75) is 64.3 Å². The molecule has 2 aliphatic rings. The lowest BCUT2D eigenvalue weighted by Gasteiger charge is -2.37. The van der Waals surface area contributed by atoms with Crippen LogP contribution in [0.3, 0.4) is 0 Å². The molecule has 0 heterocycles. The second kappa shape index (κ2) is 6.30. The Hall–Kier alpha value is -0.820. The van der Waals surface area contributed by atoms with E-state index < -0.39 is 0 Å². The summed E-state index contributed by atoms with van der Waals surface area (Å²) < 4.78 is 0. The average molecular weight is 271 g/mol. The van der Waals surface area contributed by atoms with Crippen LogP contribution < -0.4 is 5.32 Å². The predicted molar refractivity (Wildman–Crippen MR) is 86.1 cm³/mol. The molecule has 0 amide bonds. The number of aryl methyl sites for hydroxylation is 1. The minimum absolute atomic E-state index is 0.705. The minimum atomic E-state index is 0.705. The van der Waals surface area contributed by atoms with Crippen LogP contribution in [0.2, 0.25) is 0 Å². The maximum atomic E-state index is 3.85. The third kappa shape index (κ3) is 2.79. The Balaban J connectivity index is 1.78. The fourth-order valence-corrected chi connectivity index (χ4v) is 4.48. The van der Waals surface area contributed by atoms with Gasteiger partial charge in [0.15, 0.2) is 0 Å². The van der Waals surface area contributed by atoms with E-state index in [-0.39, 0.29) is 0 Å². The van der Waals surface area contributed by atoms with Crippen LogP contribution >= 0.6 is 0 Å². The molecule has 1 saturated carbocycles. The Bertz CT molecular complexity index is 431. The zero-order valence-corrected chi connectivity index (χ0v) is 13.1. The highest BCUT2D eigenvalue weighted by Crippen LogP contribution is 2.41. The third-order valence-corrected chi connectivity index (χ3v) is 5.62. The first-order chi connectivity index (χ1) is 9.79. The van der Waals surface area contributed by atoms with Crippen LogP contribution in [-0.2, 0) is 6.42 Å². The van der Waals surface area contributed by atoms with Crippen LogP contribution in [0, 0.1) is 11.8 Å². The largest absolute Gasteiger partial charge is 0.313 e. The highest BCUT2D eigenvalue weighted by Gasteiger charge is 2.35. The van der Waals surface area contributed by atoms with E-state index >= 15 is 0 Å². The zero-order valence-electron chi connectivity index (χ0n) is 13.1. The van der Waals surface area contributed by atoms with E-state index in [0.29, 0.717) is 6.04 Å². The van der Waals surface area contributed by atoms with Gasteiger partial charge in [0.1, 0.15) is 0 Å². The van der Waals surface area contributed by atoms with E-state index in [1.165, 1.54) is 38.5 Å². The van der Waals surface area contributed by atoms with Crippen molar-refractivity contribution in [3.8, 4) is 0 Å². The van der Waals surface area contributed by atoms with Gasteiger partial charge in [-0.1, -0.05) is 51.0 Å². The van der Waals surface area contributed by atoms with Crippen molar-refractivity contribution in [2.75, 3.05) is 6.54 Å². The number of hydrogen-bond acceptors (Lipinski definition) is 1. The predicted octanol–water partition coefficient (Wildman–Crippen LogP) is 4.52. The number of nitrogens with one attached hydrogen (secondary N) is 1. The van der Waals surface area contributed by atoms with Crippen LogP contribution in [-0.4, -0.2) is 12.6 Å². The van der Waals surface area contributed by atoms with Crippen molar-refractivity contribution >= 4 is 0 Å². The molecule has 0 aromatic heterocycles. The standard InChI is InChI=1S/C19H29N/c1-3-20-19(16-10-8-14(2)9-11-16)18-13-12-15-6-4-5-7-17(15)18/h4-7,14,16,18-20H,3,8-13H2,1-2H3. The lowest BCUT2D eigenvalue weighted by Crippen LogP contribution is -2.42. The molecule has 2 atom stereocenters. The Morgan fingerprint density at radius 2 is 1.85 bits per heavy atom. The van der Waals surface area contributed by atoms with Crippen LogP contribution in [0.5, 0.6) is 0 Å². The second-order valence-corrected chi connectivity index (χ2v) is 6.95. The molecule has 3 rings (SSSR count). The molecule has 0 spiro atoms. The molecule has 1 heteroatoms. The van der Waals surface area contributed by atoms with E-state index in [1.807, 2.05) is 0 Å². The van der Waals surface area contributed by atoms with Crippen molar-refractivity contribution in [3.63, 3.8) is 0 Å². The Kier molecular flexibility index (Phi) is 4.45. The van der Waals surface area contributed by atoms with Crippen molar-refractivity contribution < 1.29 is 0 Å². The van der Waals surface area contributed by atoms with E-state index in [9.17, 15) is 0 Å². The van der Waals surface area contributed by atoms with E-state index in [0.717, 1.165) is 24.3 Å². The summed E-state index contributed by atoms with van der Waals surface area (Å²) >= 11 is 0. The van der Waals surface area contributed by atoms with Gasteiger partial charge < -0.3 is 5.32 Å².